The molecule has 1 unspecified atom stereocenters. The molecule has 17 heavy (non-hydrogen) atoms. The van der Waals surface area contributed by atoms with Crippen molar-refractivity contribution >= 4 is 11.8 Å². The molecule has 92 valence electrons. The Hall–Kier alpha value is -1.64. The summed E-state index contributed by atoms with van der Waals surface area (Å²) >= 11 is 0. The van der Waals surface area contributed by atoms with Crippen LogP contribution in [0.3, 0.4) is 0 Å². The fourth-order valence-corrected chi connectivity index (χ4v) is 1.75. The summed E-state index contributed by atoms with van der Waals surface area (Å²) in [7, 11) is 0. The number of aliphatic carboxylic acids is 1. The Labute approximate surface area is 101 Å². The van der Waals surface area contributed by atoms with E-state index in [0.717, 1.165) is 12.0 Å². The van der Waals surface area contributed by atoms with E-state index in [0.29, 0.717) is 5.92 Å². The Morgan fingerprint density at radius 3 is 2.06 bits per heavy atom. The number of ketones is 1. The smallest absolute Gasteiger partial charge is 0.372 e. The van der Waals surface area contributed by atoms with Gasteiger partial charge in [-0.25, -0.2) is 4.79 Å². The topological polar surface area (TPSA) is 54.4 Å². The Bertz CT molecular complexity index is 404. The molecule has 3 nitrogen and oxygen atoms in total. The molecule has 0 fully saturated rings. The Balaban J connectivity index is 2.80. The van der Waals surface area contributed by atoms with Crippen molar-refractivity contribution in [3.8, 4) is 0 Å². The van der Waals surface area contributed by atoms with Gasteiger partial charge in [-0.15, -0.1) is 0 Å². The summed E-state index contributed by atoms with van der Waals surface area (Å²) in [6.07, 6.45) is 0.988. The van der Waals surface area contributed by atoms with E-state index in [-0.39, 0.29) is 0 Å². The SMILES string of the molecule is CC(C)Cc1ccc(C(C)C(=O)C(=O)O)cc1. The first-order chi connectivity index (χ1) is 7.91. The lowest BCUT2D eigenvalue weighted by molar-refractivity contribution is -0.149. The highest BCUT2D eigenvalue weighted by molar-refractivity contribution is 6.34. The standard InChI is InChI=1S/C14H18O3/c1-9(2)8-11-4-6-12(7-5-11)10(3)13(15)14(16)17/h4-7,9-10H,8H2,1-3H3,(H,16,17). The van der Waals surface area contributed by atoms with Crippen LogP contribution in [0, 0.1) is 5.92 Å². The zero-order valence-corrected chi connectivity index (χ0v) is 10.4. The van der Waals surface area contributed by atoms with E-state index >= 15 is 0 Å². The average molecular weight is 234 g/mol. The third-order valence-corrected chi connectivity index (χ3v) is 2.73. The highest BCUT2D eigenvalue weighted by Gasteiger charge is 2.21. The van der Waals surface area contributed by atoms with Gasteiger partial charge in [0.15, 0.2) is 0 Å². The van der Waals surface area contributed by atoms with Gasteiger partial charge in [0.2, 0.25) is 5.78 Å². The predicted octanol–water partition coefficient (Wildman–Crippen LogP) is 2.64. The van der Waals surface area contributed by atoms with Gasteiger partial charge in [-0.1, -0.05) is 45.0 Å². The zero-order chi connectivity index (χ0) is 13.0. The maximum absolute atomic E-state index is 11.3. The molecule has 0 amide bonds. The maximum Gasteiger partial charge on any atom is 0.372 e. The Morgan fingerprint density at radius 2 is 1.65 bits per heavy atom. The molecule has 0 aliphatic carbocycles. The third kappa shape index (κ3) is 3.70. The molecule has 0 spiro atoms. The second-order valence-electron chi connectivity index (χ2n) is 4.73. The number of rotatable bonds is 5. The van der Waals surface area contributed by atoms with Crippen LogP contribution in [0.1, 0.15) is 37.8 Å². The van der Waals surface area contributed by atoms with Gasteiger partial charge in [0.1, 0.15) is 0 Å². The van der Waals surface area contributed by atoms with Crippen LogP contribution in [-0.2, 0) is 16.0 Å². The van der Waals surface area contributed by atoms with Crippen molar-refractivity contribution < 1.29 is 14.7 Å². The van der Waals surface area contributed by atoms with E-state index in [1.54, 1.807) is 6.92 Å². The second kappa shape index (κ2) is 5.62. The molecule has 1 aromatic rings. The fourth-order valence-electron chi connectivity index (χ4n) is 1.75. The Morgan fingerprint density at radius 1 is 1.12 bits per heavy atom. The van der Waals surface area contributed by atoms with E-state index in [2.05, 4.69) is 13.8 Å². The highest BCUT2D eigenvalue weighted by Crippen LogP contribution is 2.18. The first-order valence-electron chi connectivity index (χ1n) is 5.77. The average Bonchev–Trinajstić information content (AvgIpc) is 2.27. The summed E-state index contributed by atoms with van der Waals surface area (Å²) in [6.45, 7) is 5.91. The van der Waals surface area contributed by atoms with Crippen LogP contribution < -0.4 is 0 Å². The van der Waals surface area contributed by atoms with E-state index < -0.39 is 17.7 Å². The van der Waals surface area contributed by atoms with Crippen molar-refractivity contribution in [2.75, 3.05) is 0 Å². The molecule has 0 radical (unpaired) electrons. The van der Waals surface area contributed by atoms with Gasteiger partial charge in [0.25, 0.3) is 0 Å². The second-order valence-corrected chi connectivity index (χ2v) is 4.73. The molecule has 1 aromatic carbocycles. The van der Waals surface area contributed by atoms with Gasteiger partial charge in [-0.2, -0.15) is 0 Å². The first-order valence-corrected chi connectivity index (χ1v) is 5.77. The van der Waals surface area contributed by atoms with Crippen molar-refractivity contribution in [3.05, 3.63) is 35.4 Å². The van der Waals surface area contributed by atoms with Crippen LogP contribution in [-0.4, -0.2) is 16.9 Å². The summed E-state index contributed by atoms with van der Waals surface area (Å²) in [5.41, 5.74) is 1.96. The molecule has 0 heterocycles. The lowest BCUT2D eigenvalue weighted by Crippen LogP contribution is -2.19. The molecular weight excluding hydrogens is 216 g/mol. The number of Topliss-reactive ketones (excluding diaryl/α,β-unsaturated/α-hetero) is 1. The van der Waals surface area contributed by atoms with Gasteiger partial charge < -0.3 is 5.11 Å². The number of carbonyl (C=O) groups excluding carboxylic acids is 1. The fraction of sp³-hybridized carbons (Fsp3) is 0.429. The van der Waals surface area contributed by atoms with Crippen LogP contribution in [0.5, 0.6) is 0 Å². The summed E-state index contributed by atoms with van der Waals surface area (Å²) in [4.78, 5) is 21.9. The molecular formula is C14H18O3. The monoisotopic (exact) mass is 234 g/mol. The number of hydrogen-bond donors (Lipinski definition) is 1. The molecule has 0 aliphatic heterocycles. The lowest BCUT2D eigenvalue weighted by atomic mass is 9.94. The van der Waals surface area contributed by atoms with Crippen LogP contribution in [0.25, 0.3) is 0 Å². The van der Waals surface area contributed by atoms with Crippen molar-refractivity contribution in [3.63, 3.8) is 0 Å². The summed E-state index contributed by atoms with van der Waals surface area (Å²) in [5.74, 6) is -2.13. The van der Waals surface area contributed by atoms with Crippen LogP contribution in [0.2, 0.25) is 0 Å². The minimum atomic E-state index is -1.37. The molecule has 1 atom stereocenters. The molecule has 1 rings (SSSR count). The molecule has 3 heteroatoms. The number of hydrogen-bond acceptors (Lipinski definition) is 2. The molecule has 0 saturated heterocycles. The van der Waals surface area contributed by atoms with Crippen LogP contribution >= 0.6 is 0 Å². The van der Waals surface area contributed by atoms with E-state index in [1.165, 1.54) is 5.56 Å². The Kier molecular flexibility index (Phi) is 4.44. The van der Waals surface area contributed by atoms with Gasteiger partial charge in [-0.05, 0) is 23.5 Å². The van der Waals surface area contributed by atoms with Crippen LogP contribution in [0.4, 0.5) is 0 Å². The summed E-state index contributed by atoms with van der Waals surface area (Å²) < 4.78 is 0. The summed E-state index contributed by atoms with van der Waals surface area (Å²) in [6, 6.07) is 7.59. The molecule has 0 aliphatic rings. The quantitative estimate of drug-likeness (QED) is 0.797. The van der Waals surface area contributed by atoms with Crippen molar-refractivity contribution in [2.45, 2.75) is 33.1 Å². The predicted molar refractivity (Wildman–Crippen MR) is 66.0 cm³/mol. The van der Waals surface area contributed by atoms with E-state index in [1.807, 2.05) is 24.3 Å². The largest absolute Gasteiger partial charge is 0.475 e. The molecule has 0 bridgehead atoms. The minimum absolute atomic E-state index is 0.582. The van der Waals surface area contributed by atoms with Crippen molar-refractivity contribution in [1.29, 1.82) is 0 Å². The van der Waals surface area contributed by atoms with E-state index in [4.69, 9.17) is 5.11 Å². The normalized spacial score (nSPS) is 12.5. The summed E-state index contributed by atoms with van der Waals surface area (Å²) in [5, 5.41) is 8.64. The van der Waals surface area contributed by atoms with Gasteiger partial charge in [0.05, 0.1) is 5.92 Å². The number of benzene rings is 1. The zero-order valence-electron chi connectivity index (χ0n) is 10.4. The molecule has 0 saturated carbocycles. The number of carboxylic acids is 1. The molecule has 0 aromatic heterocycles. The third-order valence-electron chi connectivity index (χ3n) is 2.73. The lowest BCUT2D eigenvalue weighted by Gasteiger charge is -2.10. The first kappa shape index (κ1) is 13.4. The molecule has 1 N–H and O–H groups in total. The van der Waals surface area contributed by atoms with Gasteiger partial charge in [0, 0.05) is 0 Å². The minimum Gasteiger partial charge on any atom is -0.475 e. The van der Waals surface area contributed by atoms with Crippen molar-refractivity contribution in [2.24, 2.45) is 5.92 Å². The maximum atomic E-state index is 11.3. The van der Waals surface area contributed by atoms with Gasteiger partial charge >= 0.3 is 5.97 Å². The van der Waals surface area contributed by atoms with E-state index in [9.17, 15) is 9.59 Å². The highest BCUT2D eigenvalue weighted by atomic mass is 16.4. The van der Waals surface area contributed by atoms with Gasteiger partial charge in [-0.3, -0.25) is 4.79 Å². The van der Waals surface area contributed by atoms with Crippen molar-refractivity contribution in [1.82, 2.24) is 0 Å². The number of carboxylic acid groups (broad SMARTS) is 1. The number of carbonyl (C=O) groups is 2. The van der Waals surface area contributed by atoms with Crippen LogP contribution in [0.15, 0.2) is 24.3 Å².